The molecule has 1 N–H and O–H groups in total. The molecular weight excluding hydrogens is 298 g/mol. The maximum atomic E-state index is 9.32. The van der Waals surface area contributed by atoms with Crippen molar-refractivity contribution < 1.29 is 9.94 Å². The van der Waals surface area contributed by atoms with Gasteiger partial charge in [-0.1, -0.05) is 74.5 Å². The summed E-state index contributed by atoms with van der Waals surface area (Å²) in [5, 5.41) is 12.8. The average molecular weight is 325 g/mol. The van der Waals surface area contributed by atoms with E-state index in [1.54, 1.807) is 0 Å². The summed E-state index contributed by atoms with van der Waals surface area (Å²) in [6.07, 6.45) is 7.56. The lowest BCUT2D eigenvalue weighted by Crippen LogP contribution is -2.03. The monoisotopic (exact) mass is 325 g/mol. The van der Waals surface area contributed by atoms with Crippen LogP contribution in [0.5, 0.6) is 5.75 Å². The maximum Gasteiger partial charge on any atom is 0.119 e. The van der Waals surface area contributed by atoms with Crippen molar-refractivity contribution in [2.45, 2.75) is 45.4 Å². The molecule has 0 radical (unpaired) electrons. The van der Waals surface area contributed by atoms with Crippen molar-refractivity contribution in [2.24, 2.45) is 5.16 Å². The van der Waals surface area contributed by atoms with E-state index in [2.05, 4.69) is 12.1 Å². The van der Waals surface area contributed by atoms with E-state index in [-0.39, 0.29) is 0 Å². The fraction of sp³-hybridized carbons (Fsp3) is 0.381. The van der Waals surface area contributed by atoms with Crippen LogP contribution in [0.3, 0.4) is 0 Å². The number of ether oxygens (including phenoxy) is 1. The van der Waals surface area contributed by atoms with Crippen molar-refractivity contribution in [3.8, 4) is 5.75 Å². The van der Waals surface area contributed by atoms with E-state index in [1.165, 1.54) is 32.1 Å². The van der Waals surface area contributed by atoms with Gasteiger partial charge in [-0.25, -0.2) is 0 Å². The van der Waals surface area contributed by atoms with Crippen LogP contribution in [0.15, 0.2) is 59.8 Å². The van der Waals surface area contributed by atoms with Crippen LogP contribution in [0.2, 0.25) is 0 Å². The first-order valence-electron chi connectivity index (χ1n) is 8.86. The summed E-state index contributed by atoms with van der Waals surface area (Å²) in [4.78, 5) is 0. The van der Waals surface area contributed by atoms with E-state index in [1.807, 2.05) is 54.6 Å². The van der Waals surface area contributed by atoms with Gasteiger partial charge in [-0.05, 0) is 30.7 Å². The molecule has 0 saturated heterocycles. The van der Waals surface area contributed by atoms with Crippen LogP contribution in [-0.2, 0) is 0 Å². The van der Waals surface area contributed by atoms with E-state index in [9.17, 15) is 5.21 Å². The van der Waals surface area contributed by atoms with Crippen LogP contribution in [-0.4, -0.2) is 17.5 Å². The molecule has 3 nitrogen and oxygen atoms in total. The molecule has 0 bridgehead atoms. The number of oxime groups is 1. The molecule has 3 heteroatoms. The summed E-state index contributed by atoms with van der Waals surface area (Å²) in [7, 11) is 0. The Bertz CT molecular complexity index is 605. The Morgan fingerprint density at radius 1 is 0.833 bits per heavy atom. The molecule has 128 valence electrons. The molecule has 0 aliphatic heterocycles. The molecule has 0 aliphatic rings. The zero-order chi connectivity index (χ0) is 17.0. The Balaban J connectivity index is 1.82. The van der Waals surface area contributed by atoms with Crippen LogP contribution in [0.4, 0.5) is 0 Å². The molecule has 24 heavy (non-hydrogen) atoms. The average Bonchev–Trinajstić information content (AvgIpc) is 2.64. The number of nitrogens with zero attached hydrogens (tertiary/aromatic N) is 1. The van der Waals surface area contributed by atoms with Gasteiger partial charge in [0.1, 0.15) is 11.5 Å². The summed E-state index contributed by atoms with van der Waals surface area (Å²) >= 11 is 0. The number of benzene rings is 2. The second-order valence-corrected chi connectivity index (χ2v) is 5.96. The predicted octanol–water partition coefficient (Wildman–Crippen LogP) is 5.65. The van der Waals surface area contributed by atoms with Crippen molar-refractivity contribution >= 4 is 5.71 Å². The topological polar surface area (TPSA) is 41.8 Å². The van der Waals surface area contributed by atoms with E-state index >= 15 is 0 Å². The second-order valence-electron chi connectivity index (χ2n) is 5.96. The van der Waals surface area contributed by atoms with E-state index in [0.29, 0.717) is 5.71 Å². The smallest absolute Gasteiger partial charge is 0.119 e. The van der Waals surface area contributed by atoms with Crippen LogP contribution in [0.25, 0.3) is 0 Å². The summed E-state index contributed by atoms with van der Waals surface area (Å²) < 4.78 is 5.78. The molecule has 2 rings (SSSR count). The lowest BCUT2D eigenvalue weighted by molar-refractivity contribution is 0.304. The molecule has 0 fully saturated rings. The number of hydrogen-bond donors (Lipinski definition) is 1. The molecular formula is C21H27NO2. The molecule has 0 aromatic heterocycles. The Morgan fingerprint density at radius 2 is 1.46 bits per heavy atom. The highest BCUT2D eigenvalue weighted by molar-refractivity contribution is 6.12. The van der Waals surface area contributed by atoms with Gasteiger partial charge in [-0.15, -0.1) is 0 Å². The van der Waals surface area contributed by atoms with Gasteiger partial charge in [0.15, 0.2) is 0 Å². The molecule has 2 aromatic carbocycles. The fourth-order valence-corrected chi connectivity index (χ4v) is 2.66. The highest BCUT2D eigenvalue weighted by Gasteiger charge is 2.07. The van der Waals surface area contributed by atoms with Crippen LogP contribution in [0, 0.1) is 0 Å². The van der Waals surface area contributed by atoms with Crippen molar-refractivity contribution in [1.82, 2.24) is 0 Å². The van der Waals surface area contributed by atoms with Crippen molar-refractivity contribution in [3.05, 3.63) is 65.7 Å². The third-order valence-electron chi connectivity index (χ3n) is 4.04. The zero-order valence-electron chi connectivity index (χ0n) is 14.4. The Hall–Kier alpha value is -2.29. The van der Waals surface area contributed by atoms with Gasteiger partial charge in [-0.2, -0.15) is 0 Å². The van der Waals surface area contributed by atoms with Gasteiger partial charge in [0, 0.05) is 11.1 Å². The number of unbranched alkanes of at least 4 members (excludes halogenated alkanes) is 5. The second kappa shape index (κ2) is 10.5. The fourth-order valence-electron chi connectivity index (χ4n) is 2.66. The van der Waals surface area contributed by atoms with Gasteiger partial charge in [0.05, 0.1) is 6.61 Å². The lowest BCUT2D eigenvalue weighted by Gasteiger charge is -2.08. The standard InChI is InChI=1S/C21H27NO2/c1-2-3-4-5-6-10-17-24-20-15-13-19(14-16-20)21(22-23)18-11-8-7-9-12-18/h7-9,11-16,23H,2-6,10,17H2,1H3/b22-21+. The van der Waals surface area contributed by atoms with Crippen molar-refractivity contribution in [2.75, 3.05) is 6.61 Å². The Morgan fingerprint density at radius 3 is 2.12 bits per heavy atom. The van der Waals surface area contributed by atoms with Crippen LogP contribution >= 0.6 is 0 Å². The number of rotatable bonds is 10. The van der Waals surface area contributed by atoms with E-state index in [0.717, 1.165) is 29.9 Å². The zero-order valence-corrected chi connectivity index (χ0v) is 14.4. The minimum absolute atomic E-state index is 0.568. The largest absolute Gasteiger partial charge is 0.494 e. The van der Waals surface area contributed by atoms with E-state index < -0.39 is 0 Å². The molecule has 0 amide bonds. The van der Waals surface area contributed by atoms with Crippen molar-refractivity contribution in [1.29, 1.82) is 0 Å². The number of hydrogen-bond acceptors (Lipinski definition) is 3. The molecule has 0 spiro atoms. The molecule has 0 atom stereocenters. The SMILES string of the molecule is CCCCCCCCOc1ccc(/C(=N/O)c2ccccc2)cc1. The molecule has 0 saturated carbocycles. The van der Waals surface area contributed by atoms with Gasteiger partial charge in [0.2, 0.25) is 0 Å². The normalized spacial score (nSPS) is 11.5. The Kier molecular flexibility index (Phi) is 7.88. The Labute approximate surface area is 145 Å². The summed E-state index contributed by atoms with van der Waals surface area (Å²) in [5.41, 5.74) is 2.33. The van der Waals surface area contributed by atoms with Crippen LogP contribution in [0.1, 0.15) is 56.6 Å². The quantitative estimate of drug-likeness (QED) is 0.265. The highest BCUT2D eigenvalue weighted by atomic mass is 16.5. The molecule has 2 aromatic rings. The maximum absolute atomic E-state index is 9.32. The van der Waals surface area contributed by atoms with Gasteiger partial charge >= 0.3 is 0 Å². The van der Waals surface area contributed by atoms with Crippen LogP contribution < -0.4 is 4.74 Å². The van der Waals surface area contributed by atoms with Gasteiger partial charge in [-0.3, -0.25) is 0 Å². The molecule has 0 unspecified atom stereocenters. The summed E-state index contributed by atoms with van der Waals surface area (Å²) in [6.45, 7) is 2.99. The van der Waals surface area contributed by atoms with Crippen molar-refractivity contribution in [3.63, 3.8) is 0 Å². The lowest BCUT2D eigenvalue weighted by atomic mass is 10.0. The third-order valence-corrected chi connectivity index (χ3v) is 4.04. The minimum Gasteiger partial charge on any atom is -0.494 e. The first kappa shape index (κ1) is 18.1. The summed E-state index contributed by atoms with van der Waals surface area (Å²) in [5.74, 6) is 0.859. The van der Waals surface area contributed by atoms with E-state index in [4.69, 9.17) is 4.74 Å². The third kappa shape index (κ3) is 5.73. The molecule has 0 heterocycles. The highest BCUT2D eigenvalue weighted by Crippen LogP contribution is 2.17. The predicted molar refractivity (Wildman–Crippen MR) is 99.2 cm³/mol. The minimum atomic E-state index is 0.568. The first-order valence-corrected chi connectivity index (χ1v) is 8.86. The van der Waals surface area contributed by atoms with Gasteiger partial charge in [0.25, 0.3) is 0 Å². The van der Waals surface area contributed by atoms with Gasteiger partial charge < -0.3 is 9.94 Å². The summed E-state index contributed by atoms with van der Waals surface area (Å²) in [6, 6.07) is 17.4. The first-order chi connectivity index (χ1) is 11.8. The molecule has 0 aliphatic carbocycles.